The first-order valence-electron chi connectivity index (χ1n) is 7.31. The van der Waals surface area contributed by atoms with E-state index in [4.69, 9.17) is 0 Å². The molecule has 0 spiro atoms. The fourth-order valence-corrected chi connectivity index (χ4v) is 4.78. The molecule has 0 amide bonds. The SMILES string of the molecule is CCc1ccc(CC2CC(C(C)C)CCC2Br)s1. The van der Waals surface area contributed by atoms with Gasteiger partial charge in [0, 0.05) is 14.6 Å². The third kappa shape index (κ3) is 3.60. The minimum absolute atomic E-state index is 0.736. The van der Waals surface area contributed by atoms with Crippen molar-refractivity contribution in [1.82, 2.24) is 0 Å². The Morgan fingerprint density at radius 3 is 2.61 bits per heavy atom. The van der Waals surface area contributed by atoms with Crippen molar-refractivity contribution in [3.8, 4) is 0 Å². The highest BCUT2D eigenvalue weighted by molar-refractivity contribution is 9.09. The molecule has 102 valence electrons. The van der Waals surface area contributed by atoms with Gasteiger partial charge in [-0.1, -0.05) is 36.7 Å². The van der Waals surface area contributed by atoms with E-state index in [9.17, 15) is 0 Å². The van der Waals surface area contributed by atoms with Crippen LogP contribution in [-0.4, -0.2) is 4.83 Å². The van der Waals surface area contributed by atoms with Gasteiger partial charge in [-0.2, -0.15) is 0 Å². The molecule has 0 aromatic carbocycles. The summed E-state index contributed by atoms with van der Waals surface area (Å²) >= 11 is 5.93. The number of aryl methyl sites for hydroxylation is 1. The molecule has 0 saturated heterocycles. The molecule has 1 aliphatic rings. The fourth-order valence-electron chi connectivity index (χ4n) is 3.06. The second kappa shape index (κ2) is 6.56. The molecule has 2 heteroatoms. The van der Waals surface area contributed by atoms with Crippen LogP contribution in [0.3, 0.4) is 0 Å². The molecule has 1 aromatic heterocycles. The van der Waals surface area contributed by atoms with Crippen molar-refractivity contribution < 1.29 is 0 Å². The van der Waals surface area contributed by atoms with E-state index in [1.807, 2.05) is 11.3 Å². The molecule has 1 aromatic rings. The summed E-state index contributed by atoms with van der Waals surface area (Å²) in [5, 5.41) is 0. The Bertz CT molecular complexity index is 369. The molecular weight excluding hydrogens is 304 g/mol. The number of hydrogen-bond acceptors (Lipinski definition) is 1. The van der Waals surface area contributed by atoms with Crippen LogP contribution >= 0.6 is 27.3 Å². The van der Waals surface area contributed by atoms with E-state index in [0.29, 0.717) is 0 Å². The number of thiophene rings is 1. The molecule has 1 saturated carbocycles. The summed E-state index contributed by atoms with van der Waals surface area (Å²) in [6.07, 6.45) is 6.65. The van der Waals surface area contributed by atoms with E-state index in [-0.39, 0.29) is 0 Å². The summed E-state index contributed by atoms with van der Waals surface area (Å²) in [6, 6.07) is 4.66. The zero-order valence-corrected chi connectivity index (χ0v) is 14.2. The van der Waals surface area contributed by atoms with Crippen LogP contribution in [0.2, 0.25) is 0 Å². The molecule has 0 aliphatic heterocycles. The van der Waals surface area contributed by atoms with E-state index in [0.717, 1.165) is 22.6 Å². The van der Waals surface area contributed by atoms with Gasteiger partial charge < -0.3 is 0 Å². The second-order valence-corrected chi connectivity index (χ2v) is 8.45. The van der Waals surface area contributed by atoms with Crippen LogP contribution in [-0.2, 0) is 12.8 Å². The predicted octanol–water partition coefficient (Wildman–Crippen LogP) is 5.69. The summed E-state index contributed by atoms with van der Waals surface area (Å²) in [5.41, 5.74) is 0. The minimum atomic E-state index is 0.736. The van der Waals surface area contributed by atoms with Gasteiger partial charge in [-0.15, -0.1) is 11.3 Å². The van der Waals surface area contributed by atoms with Crippen molar-refractivity contribution in [3.63, 3.8) is 0 Å². The minimum Gasteiger partial charge on any atom is -0.145 e. The average molecular weight is 329 g/mol. The van der Waals surface area contributed by atoms with Gasteiger partial charge in [0.15, 0.2) is 0 Å². The van der Waals surface area contributed by atoms with E-state index in [1.54, 1.807) is 4.88 Å². The quantitative estimate of drug-likeness (QED) is 0.623. The summed E-state index contributed by atoms with van der Waals surface area (Å²) < 4.78 is 0. The Labute approximate surface area is 124 Å². The molecule has 3 unspecified atom stereocenters. The molecule has 0 nitrogen and oxygen atoms in total. The van der Waals surface area contributed by atoms with E-state index in [1.165, 1.54) is 37.0 Å². The summed E-state index contributed by atoms with van der Waals surface area (Å²) in [6.45, 7) is 7.02. The Hall–Kier alpha value is 0.180. The van der Waals surface area contributed by atoms with Gasteiger partial charge in [-0.05, 0) is 62.0 Å². The van der Waals surface area contributed by atoms with E-state index < -0.39 is 0 Å². The maximum atomic E-state index is 3.92. The van der Waals surface area contributed by atoms with Crippen molar-refractivity contribution in [3.05, 3.63) is 21.9 Å². The zero-order chi connectivity index (χ0) is 13.1. The summed E-state index contributed by atoms with van der Waals surface area (Å²) in [4.78, 5) is 3.86. The highest BCUT2D eigenvalue weighted by atomic mass is 79.9. The number of rotatable bonds is 4. The lowest BCUT2D eigenvalue weighted by Crippen LogP contribution is -2.28. The Balaban J connectivity index is 1.97. The van der Waals surface area contributed by atoms with Crippen molar-refractivity contribution >= 4 is 27.3 Å². The summed E-state index contributed by atoms with van der Waals surface area (Å²) in [7, 11) is 0. The van der Waals surface area contributed by atoms with Crippen LogP contribution < -0.4 is 0 Å². The summed E-state index contributed by atoms with van der Waals surface area (Å²) in [5.74, 6) is 2.63. The molecule has 3 atom stereocenters. The lowest BCUT2D eigenvalue weighted by atomic mass is 9.75. The van der Waals surface area contributed by atoms with Crippen LogP contribution in [0.5, 0.6) is 0 Å². The van der Waals surface area contributed by atoms with Crippen molar-refractivity contribution in [2.75, 3.05) is 0 Å². The molecule has 2 rings (SSSR count). The van der Waals surface area contributed by atoms with E-state index >= 15 is 0 Å². The molecule has 0 bridgehead atoms. The number of hydrogen-bond donors (Lipinski definition) is 0. The molecule has 1 heterocycles. The molecule has 1 fully saturated rings. The predicted molar refractivity (Wildman–Crippen MR) is 85.8 cm³/mol. The van der Waals surface area contributed by atoms with Crippen LogP contribution in [0.15, 0.2) is 12.1 Å². The smallest absolute Gasteiger partial charge is 0.0177 e. The maximum absolute atomic E-state index is 3.92. The third-order valence-electron chi connectivity index (χ3n) is 4.40. The zero-order valence-electron chi connectivity index (χ0n) is 11.8. The van der Waals surface area contributed by atoms with Gasteiger partial charge in [0.2, 0.25) is 0 Å². The third-order valence-corrected chi connectivity index (χ3v) is 6.86. The van der Waals surface area contributed by atoms with Crippen LogP contribution in [0.4, 0.5) is 0 Å². The first kappa shape index (κ1) is 14.6. The maximum Gasteiger partial charge on any atom is 0.0177 e. The normalized spacial score (nSPS) is 28.8. The van der Waals surface area contributed by atoms with Gasteiger partial charge in [0.25, 0.3) is 0 Å². The lowest BCUT2D eigenvalue weighted by molar-refractivity contribution is 0.223. The average Bonchev–Trinajstić information content (AvgIpc) is 2.79. The monoisotopic (exact) mass is 328 g/mol. The van der Waals surface area contributed by atoms with Gasteiger partial charge in [0.05, 0.1) is 0 Å². The Kier molecular flexibility index (Phi) is 5.32. The standard InChI is InChI=1S/C16H25BrS/c1-4-14-6-7-15(18-14)10-13-9-12(11(2)3)5-8-16(13)17/h6-7,11-13,16H,4-5,8-10H2,1-3H3. The van der Waals surface area contributed by atoms with Crippen molar-refractivity contribution in [2.45, 2.75) is 57.7 Å². The number of alkyl halides is 1. The second-order valence-electron chi connectivity index (χ2n) is 6.02. The molecule has 0 radical (unpaired) electrons. The van der Waals surface area contributed by atoms with Gasteiger partial charge in [0.1, 0.15) is 0 Å². The molecule has 1 aliphatic carbocycles. The Morgan fingerprint density at radius 1 is 1.28 bits per heavy atom. The number of halogens is 1. The van der Waals surface area contributed by atoms with Crippen LogP contribution in [0.1, 0.15) is 49.8 Å². The van der Waals surface area contributed by atoms with Gasteiger partial charge in [-0.3, -0.25) is 0 Å². The van der Waals surface area contributed by atoms with Crippen LogP contribution in [0, 0.1) is 17.8 Å². The Morgan fingerprint density at radius 2 is 2.00 bits per heavy atom. The van der Waals surface area contributed by atoms with Crippen molar-refractivity contribution in [1.29, 1.82) is 0 Å². The molecule has 0 N–H and O–H groups in total. The highest BCUT2D eigenvalue weighted by Crippen LogP contribution is 2.39. The fraction of sp³-hybridized carbons (Fsp3) is 0.750. The van der Waals surface area contributed by atoms with Gasteiger partial charge in [-0.25, -0.2) is 0 Å². The highest BCUT2D eigenvalue weighted by Gasteiger charge is 2.30. The van der Waals surface area contributed by atoms with E-state index in [2.05, 4.69) is 48.8 Å². The topological polar surface area (TPSA) is 0 Å². The first-order chi connectivity index (χ1) is 8.60. The first-order valence-corrected chi connectivity index (χ1v) is 9.05. The largest absolute Gasteiger partial charge is 0.145 e. The molecule has 18 heavy (non-hydrogen) atoms. The molecular formula is C16H25BrS. The van der Waals surface area contributed by atoms with Crippen molar-refractivity contribution in [2.24, 2.45) is 17.8 Å². The van der Waals surface area contributed by atoms with Gasteiger partial charge >= 0.3 is 0 Å². The van der Waals surface area contributed by atoms with Crippen LogP contribution in [0.25, 0.3) is 0 Å². The lowest BCUT2D eigenvalue weighted by Gasteiger charge is -2.35.